The average Bonchev–Trinajstić information content (AvgIpc) is 3.13. The summed E-state index contributed by atoms with van der Waals surface area (Å²) in [5.74, 6) is -3.49. The van der Waals surface area contributed by atoms with Crippen molar-refractivity contribution in [3.05, 3.63) is 35.4 Å². The van der Waals surface area contributed by atoms with E-state index in [-0.39, 0.29) is 70.2 Å². The van der Waals surface area contributed by atoms with Crippen LogP contribution < -0.4 is 27.0 Å². The number of aliphatic carboxylic acids is 1. The Bertz CT molecular complexity index is 1260. The number of unbranched alkanes of at least 4 members (excludes halogenated alkanes) is 1. The lowest BCUT2D eigenvalue weighted by molar-refractivity contribution is -0.142. The highest BCUT2D eigenvalue weighted by molar-refractivity contribution is 5.90. The van der Waals surface area contributed by atoms with Crippen LogP contribution in [-0.2, 0) is 58.9 Å². The first-order valence-corrected chi connectivity index (χ1v) is 18.5. The second-order valence-electron chi connectivity index (χ2n) is 12.5. The number of primary amides is 1. The molecule has 0 aliphatic carbocycles. The number of aldehydes is 1. The van der Waals surface area contributed by atoms with Gasteiger partial charge in [-0.25, -0.2) is 4.79 Å². The van der Waals surface area contributed by atoms with Crippen LogP contribution >= 0.6 is 0 Å². The molecule has 1 aromatic rings. The van der Waals surface area contributed by atoms with Crippen LogP contribution in [-0.4, -0.2) is 125 Å². The molecular formula is C37H59N5O12. The summed E-state index contributed by atoms with van der Waals surface area (Å²) in [6, 6.07) is 5.76. The van der Waals surface area contributed by atoms with E-state index < -0.39 is 35.8 Å². The highest BCUT2D eigenvalue weighted by Gasteiger charge is 2.26. The van der Waals surface area contributed by atoms with Gasteiger partial charge in [0.25, 0.3) is 0 Å². The Labute approximate surface area is 317 Å². The van der Waals surface area contributed by atoms with Gasteiger partial charge in [-0.2, -0.15) is 0 Å². The maximum Gasteiger partial charge on any atom is 0.326 e. The van der Waals surface area contributed by atoms with E-state index in [4.69, 9.17) is 24.7 Å². The van der Waals surface area contributed by atoms with E-state index in [1.165, 1.54) is 11.1 Å². The summed E-state index contributed by atoms with van der Waals surface area (Å²) in [5, 5.41) is 20.1. The molecule has 0 radical (unpaired) electrons. The fourth-order valence-corrected chi connectivity index (χ4v) is 4.82. The van der Waals surface area contributed by atoms with Crippen molar-refractivity contribution in [3.8, 4) is 0 Å². The van der Waals surface area contributed by atoms with Crippen LogP contribution in [0.1, 0.15) is 75.3 Å². The molecule has 54 heavy (non-hydrogen) atoms. The summed E-state index contributed by atoms with van der Waals surface area (Å²) in [6.07, 6.45) is 3.57. The Kier molecular flexibility index (Phi) is 27.3. The van der Waals surface area contributed by atoms with Crippen molar-refractivity contribution in [2.75, 3.05) is 65.9 Å². The van der Waals surface area contributed by atoms with E-state index in [9.17, 15) is 38.7 Å². The lowest BCUT2D eigenvalue weighted by Crippen LogP contribution is -2.52. The minimum absolute atomic E-state index is 0.0335. The number of nitrogens with one attached hydrogen (secondary N) is 4. The van der Waals surface area contributed by atoms with Crippen molar-refractivity contribution in [1.82, 2.24) is 21.3 Å². The molecule has 0 spiro atoms. The molecule has 0 aliphatic rings. The van der Waals surface area contributed by atoms with Crippen LogP contribution in [0.3, 0.4) is 0 Å². The topological polar surface area (TPSA) is 251 Å². The third-order valence-corrected chi connectivity index (χ3v) is 7.82. The Morgan fingerprint density at radius 3 is 1.87 bits per heavy atom. The number of hydrogen-bond donors (Lipinski definition) is 6. The predicted molar refractivity (Wildman–Crippen MR) is 197 cm³/mol. The third kappa shape index (κ3) is 26.3. The fraction of sp³-hybridized carbons (Fsp3) is 0.649. The standard InChI is InChI=1S/C37H59N5O12/c1-28-10-12-29(13-11-28)6-4-8-33(45)39-17-3-2-7-31(37(49)50)42-36(48)30(14-15-32(38)44)41-35(47)16-20-51-22-24-53-26-27-54-25-23-52-21-18-40-34(46)9-5-19-43/h10-13,19,30-31H,2-9,14-18,20-27H2,1H3,(H2,38,44)(H,39,45)(H,40,46)(H,41,47)(H,42,48)(H,49,50). The maximum atomic E-state index is 13.0. The number of carboxylic acids is 1. The van der Waals surface area contributed by atoms with E-state index in [1.54, 1.807) is 0 Å². The van der Waals surface area contributed by atoms with Gasteiger partial charge in [-0.05, 0) is 51.0 Å². The Morgan fingerprint density at radius 1 is 0.667 bits per heavy atom. The molecule has 2 atom stereocenters. The number of carbonyl (C=O) groups excluding carboxylic acids is 6. The number of aryl methyl sites for hydroxylation is 2. The highest BCUT2D eigenvalue weighted by Crippen LogP contribution is 2.08. The minimum atomic E-state index is -1.25. The molecule has 0 fully saturated rings. The zero-order valence-electron chi connectivity index (χ0n) is 31.4. The minimum Gasteiger partial charge on any atom is -0.480 e. The van der Waals surface area contributed by atoms with Gasteiger partial charge >= 0.3 is 5.97 Å². The molecular weight excluding hydrogens is 706 g/mol. The van der Waals surface area contributed by atoms with Crippen LogP contribution in [0.2, 0.25) is 0 Å². The number of amides is 5. The summed E-state index contributed by atoms with van der Waals surface area (Å²) in [6.45, 7) is 4.91. The second kappa shape index (κ2) is 31.0. The first-order chi connectivity index (χ1) is 26.0. The van der Waals surface area contributed by atoms with Crippen LogP contribution in [0.4, 0.5) is 0 Å². The van der Waals surface area contributed by atoms with E-state index >= 15 is 0 Å². The number of ether oxygens (including phenoxy) is 4. The number of rotatable bonds is 34. The second-order valence-corrected chi connectivity index (χ2v) is 12.5. The van der Waals surface area contributed by atoms with Gasteiger partial charge in [-0.1, -0.05) is 29.8 Å². The van der Waals surface area contributed by atoms with Crippen LogP contribution in [0.15, 0.2) is 24.3 Å². The average molecular weight is 766 g/mol. The summed E-state index contributed by atoms with van der Waals surface area (Å²) in [4.78, 5) is 82.5. The van der Waals surface area contributed by atoms with Gasteiger partial charge in [0.05, 0.1) is 52.9 Å². The number of nitrogens with two attached hydrogens (primary N) is 1. The van der Waals surface area contributed by atoms with Gasteiger partial charge in [0.2, 0.25) is 29.5 Å². The largest absolute Gasteiger partial charge is 0.480 e. The van der Waals surface area contributed by atoms with Crippen molar-refractivity contribution in [1.29, 1.82) is 0 Å². The Hall–Kier alpha value is -4.45. The quantitative estimate of drug-likeness (QED) is 0.0414. The van der Waals surface area contributed by atoms with Gasteiger partial charge in [0.15, 0.2) is 0 Å². The van der Waals surface area contributed by atoms with Crippen LogP contribution in [0.25, 0.3) is 0 Å². The van der Waals surface area contributed by atoms with Crippen LogP contribution in [0, 0.1) is 6.92 Å². The van der Waals surface area contributed by atoms with E-state index in [0.29, 0.717) is 78.1 Å². The van der Waals surface area contributed by atoms with Gasteiger partial charge < -0.3 is 55.8 Å². The van der Waals surface area contributed by atoms with Crippen LogP contribution in [0.5, 0.6) is 0 Å². The first kappa shape index (κ1) is 47.6. The first-order valence-electron chi connectivity index (χ1n) is 18.5. The summed E-state index contributed by atoms with van der Waals surface area (Å²) in [7, 11) is 0. The maximum absolute atomic E-state index is 13.0. The fourth-order valence-electron chi connectivity index (χ4n) is 4.82. The lowest BCUT2D eigenvalue weighted by atomic mass is 10.1. The monoisotopic (exact) mass is 765 g/mol. The van der Waals surface area contributed by atoms with Gasteiger partial charge in [0.1, 0.15) is 18.4 Å². The van der Waals surface area contributed by atoms with E-state index in [1.807, 2.05) is 31.2 Å². The highest BCUT2D eigenvalue weighted by atomic mass is 16.6. The molecule has 304 valence electrons. The number of carbonyl (C=O) groups is 7. The van der Waals surface area contributed by atoms with Crippen molar-refractivity contribution in [2.45, 2.75) is 89.6 Å². The molecule has 1 aromatic carbocycles. The van der Waals surface area contributed by atoms with Crippen molar-refractivity contribution < 1.29 is 57.6 Å². The lowest BCUT2D eigenvalue weighted by Gasteiger charge is -2.21. The summed E-state index contributed by atoms with van der Waals surface area (Å²) < 4.78 is 21.5. The summed E-state index contributed by atoms with van der Waals surface area (Å²) >= 11 is 0. The molecule has 0 saturated carbocycles. The molecule has 0 aromatic heterocycles. The Balaban J connectivity index is 2.22. The van der Waals surface area contributed by atoms with Gasteiger partial charge in [0, 0.05) is 45.2 Å². The van der Waals surface area contributed by atoms with Crippen molar-refractivity contribution >= 4 is 41.8 Å². The SMILES string of the molecule is Cc1ccc(CCCC(=O)NCCCCC(NC(=O)C(CCC(N)=O)NC(=O)CCOCCOCCOCCOCCNC(=O)CCC=O)C(=O)O)cc1. The molecule has 2 unspecified atom stereocenters. The van der Waals surface area contributed by atoms with Crippen molar-refractivity contribution in [3.63, 3.8) is 0 Å². The van der Waals surface area contributed by atoms with Gasteiger partial charge in [-0.3, -0.25) is 24.0 Å². The third-order valence-electron chi connectivity index (χ3n) is 7.82. The molecule has 0 saturated heterocycles. The van der Waals surface area contributed by atoms with Gasteiger partial charge in [-0.15, -0.1) is 0 Å². The zero-order valence-corrected chi connectivity index (χ0v) is 31.4. The number of hydrogen-bond acceptors (Lipinski definition) is 11. The van der Waals surface area contributed by atoms with E-state index in [2.05, 4.69) is 21.3 Å². The van der Waals surface area contributed by atoms with Crippen molar-refractivity contribution in [2.24, 2.45) is 5.73 Å². The molecule has 0 heterocycles. The molecule has 7 N–H and O–H groups in total. The normalized spacial score (nSPS) is 11.9. The number of carboxylic acid groups (broad SMARTS) is 1. The molecule has 17 nitrogen and oxygen atoms in total. The molecule has 5 amide bonds. The predicted octanol–water partition coefficient (Wildman–Crippen LogP) is 0.476. The summed E-state index contributed by atoms with van der Waals surface area (Å²) in [5.41, 5.74) is 7.59. The number of benzene rings is 1. The van der Waals surface area contributed by atoms with E-state index in [0.717, 1.165) is 6.42 Å². The zero-order chi connectivity index (χ0) is 39.8. The molecule has 1 rings (SSSR count). The smallest absolute Gasteiger partial charge is 0.326 e. The molecule has 17 heteroatoms. The molecule has 0 aliphatic heterocycles. The Morgan fingerprint density at radius 2 is 1.26 bits per heavy atom. The molecule has 0 bridgehead atoms.